The minimum absolute atomic E-state index is 0.00351. The first-order chi connectivity index (χ1) is 68.1. The molecule has 0 aliphatic carbocycles. The summed E-state index contributed by atoms with van der Waals surface area (Å²) in [6, 6.07) is 8.36. The fourth-order valence-corrected chi connectivity index (χ4v) is 19.7. The van der Waals surface area contributed by atoms with Crippen LogP contribution in [-0.2, 0) is 110 Å². The van der Waals surface area contributed by atoms with Gasteiger partial charge in [0, 0.05) is 150 Å². The Labute approximate surface area is 827 Å². The Bertz CT molecular complexity index is 5750. The number of amides is 14. The first kappa shape index (κ1) is 107. The zero-order valence-electron chi connectivity index (χ0n) is 79.6. The van der Waals surface area contributed by atoms with Gasteiger partial charge in [0.05, 0.1) is 24.0 Å². The SMILES string of the molecule is CC[C@H](C)[C@@H]1NC(=O)[C@@H]2CCCN2C(=O)[C@H](Cc2c[nH]c3ccccc23)NC(=O)[C@H](CCCNC(=N)N)N(C)C(=O)[C@@H](Cc2ccccc2)NC(=O)[C@H](Cc2c[nH]cn2)NC(=O)[C@H](CCC(=O)O)NC(=O)[C@@H]2CSSC[C@H](NC1=O)C(=O)N[C@@H](Cc1c[nH]cn1)C(=O)N[C@H](Cc1ccccc1)C(=O)N(C)[C@@H](CCCNC(=N)N)C(=O)N(C)[C@@H](Cc1c[nH]c3ccccc13)C(=O)N[C@@H](CCCNC(=N)N)C(=O)N2. The fourth-order valence-electron chi connectivity index (χ4n) is 17.4. The van der Waals surface area contributed by atoms with Crippen LogP contribution in [0.4, 0.5) is 0 Å². The largest absolute Gasteiger partial charge is 0.481 e. The number of likely N-dealkylation sites (N-methyl/N-ethyl adjacent to an activating group) is 3. The number of aromatic nitrogens is 6. The Morgan fingerprint density at radius 3 is 1.35 bits per heavy atom. The molecule has 4 aromatic heterocycles. The molecule has 7 heterocycles. The van der Waals surface area contributed by atoms with Crippen LogP contribution in [0.5, 0.6) is 0 Å². The van der Waals surface area contributed by atoms with Crippen molar-refractivity contribution < 1.29 is 77.0 Å². The van der Waals surface area contributed by atoms with Gasteiger partial charge in [0.1, 0.15) is 84.6 Å². The summed E-state index contributed by atoms with van der Waals surface area (Å²) in [6.07, 6.45) is 5.30. The van der Waals surface area contributed by atoms with Crippen molar-refractivity contribution in [3.05, 3.63) is 180 Å². The minimum Gasteiger partial charge on any atom is -0.481 e. The molecule has 11 rings (SSSR count). The normalized spacial score (nSPS) is 23.5. The molecule has 760 valence electrons. The van der Waals surface area contributed by atoms with Gasteiger partial charge in [0.25, 0.3) is 0 Å². The zero-order chi connectivity index (χ0) is 102. The first-order valence-electron chi connectivity index (χ1n) is 47.1. The van der Waals surface area contributed by atoms with Crippen molar-refractivity contribution in [1.29, 1.82) is 16.2 Å². The average Bonchev–Trinajstić information content (AvgIpc) is 1.56. The number of guanidine groups is 3. The van der Waals surface area contributed by atoms with Gasteiger partial charge in [-0.3, -0.25) is 88.1 Å². The van der Waals surface area contributed by atoms with Crippen molar-refractivity contribution >= 4 is 150 Å². The summed E-state index contributed by atoms with van der Waals surface area (Å²) in [5.74, 6) is -18.1. The van der Waals surface area contributed by atoms with Gasteiger partial charge in [-0.25, -0.2) is 9.97 Å². The standard InChI is InChI=1S/C95H127N29O16S2/c1-6-53(2)78-88(136)119-72-50-142-141-49-71(118-79(127)64(29-17-35-104-93(96)97)112-87(135)76(42-57-46-108-63-28-16-14-26-61(57)63)123(5)92(140)75(31-19-37-106-95(100)101)122(4)90(138)69(40-55-23-11-8-12-24-55)116-82(130)67(114-84(72)132)44-59-48-103-52-110-59)83(131)111-65(33-34-77(125)126)80(128)113-66(43-58-47-102-51-109-58)81(129)115-68(39-54-21-9-7-10-22-54)89(137)121(3)73(30-18-36-105-94(98)99)85(133)117-70(41-56-45-107-62-27-15-13-25-60(56)62)91(139)124-38-20-32-74(124)86(134)120-78/h7-16,21-28,45-48,51-53,64-76,78,107-108H,6,17-20,29-44,49-50H2,1-5H3,(H,102,109)(H,103,110)(H,111,131)(H,112,135)(H,113,128)(H,114,132)(H,115,129)(H,116,130)(H,117,133)(H,118,127)(H,119,136)(H,120,134)(H,125,126)(H4,96,97,104)(H4,98,99,105)(H4,100,101,106)/t53-,64-,65-,66-,67-,68+,69+,70-,71-,72-,73-,74-,75-,76-,78-/m0/s1. The number of carboxylic acids is 1. The summed E-state index contributed by atoms with van der Waals surface area (Å²) in [5.41, 5.74) is 21.0. The Morgan fingerprint density at radius 1 is 0.437 bits per heavy atom. The van der Waals surface area contributed by atoms with E-state index in [-0.39, 0.29) is 121 Å². The number of aliphatic carboxylic acids is 1. The van der Waals surface area contributed by atoms with Crippen LogP contribution in [-0.4, -0.2) is 305 Å². The Kier molecular flexibility index (Phi) is 39.5. The molecule has 15 atom stereocenters. The third-order valence-electron chi connectivity index (χ3n) is 25.4. The highest BCUT2D eigenvalue weighted by molar-refractivity contribution is 8.76. The molecule has 47 heteroatoms. The summed E-state index contributed by atoms with van der Waals surface area (Å²) >= 11 is 0. The number of imidazole rings is 2. The molecule has 142 heavy (non-hydrogen) atoms. The smallest absolute Gasteiger partial charge is 0.303 e. The van der Waals surface area contributed by atoms with Gasteiger partial charge in [-0.15, -0.1) is 0 Å². The number of fused-ring (bicyclic) bond motifs is 8. The van der Waals surface area contributed by atoms with Gasteiger partial charge in [0.15, 0.2) is 17.9 Å². The summed E-state index contributed by atoms with van der Waals surface area (Å²) < 4.78 is 0. The summed E-state index contributed by atoms with van der Waals surface area (Å²) in [6.45, 7) is 3.27. The number of hydrogen-bond donors (Lipinski definition) is 24. The number of hydrogen-bond acceptors (Lipinski definition) is 22. The van der Waals surface area contributed by atoms with Crippen LogP contribution in [0.1, 0.15) is 118 Å². The lowest BCUT2D eigenvalue weighted by atomic mass is 9.97. The van der Waals surface area contributed by atoms with Crippen molar-refractivity contribution in [2.24, 2.45) is 23.1 Å². The van der Waals surface area contributed by atoms with E-state index in [0.717, 1.165) is 36.3 Å². The number of H-pyrrole nitrogens is 4. The van der Waals surface area contributed by atoms with E-state index in [4.69, 9.17) is 33.4 Å². The van der Waals surface area contributed by atoms with E-state index in [1.54, 1.807) is 123 Å². The second kappa shape index (κ2) is 52.3. The van der Waals surface area contributed by atoms with Crippen LogP contribution in [0.3, 0.4) is 0 Å². The number of carbonyl (C=O) groups excluding carboxylic acids is 14. The lowest BCUT2D eigenvalue weighted by Crippen LogP contribution is -2.62. The lowest BCUT2D eigenvalue weighted by molar-refractivity contribution is -0.149. The van der Waals surface area contributed by atoms with Gasteiger partial charge in [-0.1, -0.05) is 139 Å². The van der Waals surface area contributed by atoms with E-state index in [9.17, 15) is 9.90 Å². The summed E-state index contributed by atoms with van der Waals surface area (Å²) in [5, 5.41) is 71.8. The Hall–Kier alpha value is -15.1. The molecule has 3 aliphatic rings. The number of nitrogens with one attached hydrogen (secondary N) is 20. The van der Waals surface area contributed by atoms with Crippen LogP contribution in [0.2, 0.25) is 0 Å². The highest BCUT2D eigenvalue weighted by Crippen LogP contribution is 2.30. The number of nitrogens with zero attached hydrogens (tertiary/aromatic N) is 6. The van der Waals surface area contributed by atoms with Crippen molar-refractivity contribution in [3.8, 4) is 0 Å². The summed E-state index contributed by atoms with van der Waals surface area (Å²) in [7, 11) is 5.60. The molecule has 3 fully saturated rings. The molecular weight excluding hydrogens is 1870 g/mol. The monoisotopic (exact) mass is 1990 g/mol. The van der Waals surface area contributed by atoms with Crippen molar-refractivity contribution in [1.82, 2.24) is 119 Å². The Balaban J connectivity index is 1.07. The topological polar surface area (TPSA) is 684 Å². The quantitative estimate of drug-likeness (QED) is 0.0119. The predicted octanol–water partition coefficient (Wildman–Crippen LogP) is -0.719. The second-order valence-electron chi connectivity index (χ2n) is 35.5. The molecule has 27 N–H and O–H groups in total. The molecule has 45 nitrogen and oxygen atoms in total. The van der Waals surface area contributed by atoms with E-state index in [2.05, 4.69) is 99.0 Å². The van der Waals surface area contributed by atoms with Crippen LogP contribution in [0.25, 0.3) is 21.8 Å². The lowest BCUT2D eigenvalue weighted by Gasteiger charge is -2.36. The maximum Gasteiger partial charge on any atom is 0.303 e. The highest BCUT2D eigenvalue weighted by Gasteiger charge is 2.46. The molecule has 4 aromatic carbocycles. The molecule has 8 aromatic rings. The zero-order valence-corrected chi connectivity index (χ0v) is 81.2. The number of nitrogens with two attached hydrogens (primary N) is 3. The molecule has 0 saturated carbocycles. The fraction of sp³-hybridized carbons (Fsp3) is 0.453. The predicted molar refractivity (Wildman–Crippen MR) is 531 cm³/mol. The number of aromatic amines is 4. The van der Waals surface area contributed by atoms with Crippen molar-refractivity contribution in [3.63, 3.8) is 0 Å². The molecule has 14 amide bonds. The van der Waals surface area contributed by atoms with E-state index in [0.29, 0.717) is 44.1 Å². The third kappa shape index (κ3) is 30.2. The van der Waals surface area contributed by atoms with Gasteiger partial charge in [-0.05, 0) is 98.1 Å². The minimum atomic E-state index is -1.94. The molecule has 3 saturated heterocycles. The van der Waals surface area contributed by atoms with Crippen LogP contribution in [0.15, 0.2) is 147 Å². The Morgan fingerprint density at radius 2 is 0.845 bits per heavy atom. The molecule has 2 bridgehead atoms. The first-order valence-corrected chi connectivity index (χ1v) is 49.6. The second-order valence-corrected chi connectivity index (χ2v) is 38.0. The highest BCUT2D eigenvalue weighted by atomic mass is 33.1. The van der Waals surface area contributed by atoms with Crippen LogP contribution >= 0.6 is 21.6 Å². The van der Waals surface area contributed by atoms with Gasteiger partial charge < -0.3 is 131 Å². The third-order valence-corrected chi connectivity index (χ3v) is 27.8. The number of carboxylic acid groups (broad SMARTS) is 1. The average molecular weight is 2000 g/mol. The number of para-hydroxylation sites is 2. The van der Waals surface area contributed by atoms with Crippen LogP contribution in [0, 0.1) is 22.1 Å². The maximum atomic E-state index is 16.1. The molecule has 3 aliphatic heterocycles. The van der Waals surface area contributed by atoms with E-state index >= 15 is 67.1 Å². The summed E-state index contributed by atoms with van der Waals surface area (Å²) in [4.78, 5) is 260. The van der Waals surface area contributed by atoms with E-state index in [1.807, 2.05) is 12.1 Å². The molecule has 0 unspecified atom stereocenters. The van der Waals surface area contributed by atoms with E-state index in [1.165, 1.54) is 51.1 Å². The maximum absolute atomic E-state index is 16.1. The van der Waals surface area contributed by atoms with Crippen LogP contribution < -0.4 is 86.3 Å². The van der Waals surface area contributed by atoms with Gasteiger partial charge in [-0.2, -0.15) is 0 Å². The molecular formula is C95H127N29O16S2. The van der Waals surface area contributed by atoms with Gasteiger partial charge in [0.2, 0.25) is 82.7 Å². The van der Waals surface area contributed by atoms with Crippen molar-refractivity contribution in [2.75, 3.05) is 58.8 Å². The number of rotatable bonds is 29. The number of carbonyl (C=O) groups is 15. The molecule has 0 spiro atoms. The van der Waals surface area contributed by atoms with Crippen molar-refractivity contribution in [2.45, 2.75) is 208 Å². The van der Waals surface area contributed by atoms with Gasteiger partial charge >= 0.3 is 5.97 Å². The van der Waals surface area contributed by atoms with E-state index < -0.39 is 234 Å². The number of benzene rings is 4. The molecule has 0 radical (unpaired) electrons.